The van der Waals surface area contributed by atoms with Crippen LogP contribution in [0.15, 0.2) is 77.9 Å². The summed E-state index contributed by atoms with van der Waals surface area (Å²) < 4.78 is 5.10. The molecule has 7 heteroatoms. The second-order valence-electron chi connectivity index (χ2n) is 5.95. The van der Waals surface area contributed by atoms with Crippen molar-refractivity contribution >= 4 is 35.3 Å². The van der Waals surface area contributed by atoms with Crippen LogP contribution in [0, 0.1) is 0 Å². The molecule has 0 aliphatic heterocycles. The summed E-state index contributed by atoms with van der Waals surface area (Å²) in [5.41, 5.74) is 4.22. The maximum absolute atomic E-state index is 12.5. The van der Waals surface area contributed by atoms with Gasteiger partial charge < -0.3 is 10.1 Å². The number of rotatable bonds is 6. The summed E-state index contributed by atoms with van der Waals surface area (Å²) in [6, 6.07) is 20.6. The lowest BCUT2D eigenvalue weighted by Gasteiger charge is -2.10. The molecule has 0 saturated carbocycles. The zero-order chi connectivity index (χ0) is 20.6. The lowest BCUT2D eigenvalue weighted by Crippen LogP contribution is -2.21. The van der Waals surface area contributed by atoms with Crippen LogP contribution in [-0.4, -0.2) is 25.1 Å². The fourth-order valence-corrected chi connectivity index (χ4v) is 2.76. The number of ether oxygens (including phenoxy) is 1. The predicted octanol–water partition coefficient (Wildman–Crippen LogP) is 4.36. The molecule has 0 spiro atoms. The van der Waals surface area contributed by atoms with E-state index in [-0.39, 0.29) is 5.56 Å². The zero-order valence-corrected chi connectivity index (χ0v) is 16.3. The third-order valence-corrected chi connectivity index (χ3v) is 4.36. The van der Waals surface area contributed by atoms with Crippen molar-refractivity contribution in [2.45, 2.75) is 0 Å². The number of halogens is 1. The summed E-state index contributed by atoms with van der Waals surface area (Å²) in [6.07, 6.45) is 1.52. The molecule has 0 saturated heterocycles. The molecule has 29 heavy (non-hydrogen) atoms. The number of nitrogens with one attached hydrogen (secondary N) is 2. The van der Waals surface area contributed by atoms with Crippen LogP contribution in [0.25, 0.3) is 0 Å². The molecular weight excluding hydrogens is 390 g/mol. The number of carbonyl (C=O) groups is 2. The lowest BCUT2D eigenvalue weighted by molar-refractivity contribution is 0.0956. The van der Waals surface area contributed by atoms with Crippen LogP contribution in [0.2, 0.25) is 5.02 Å². The Kier molecular flexibility index (Phi) is 6.60. The van der Waals surface area contributed by atoms with Gasteiger partial charge in [0.05, 0.1) is 35.2 Å². The van der Waals surface area contributed by atoms with Crippen LogP contribution < -0.4 is 15.5 Å². The summed E-state index contributed by atoms with van der Waals surface area (Å²) in [4.78, 5) is 25.0. The van der Waals surface area contributed by atoms with Gasteiger partial charge in [-0.05, 0) is 54.1 Å². The Morgan fingerprint density at radius 3 is 2.24 bits per heavy atom. The first-order chi connectivity index (χ1) is 14.1. The van der Waals surface area contributed by atoms with E-state index in [1.165, 1.54) is 6.21 Å². The molecule has 6 nitrogen and oxygen atoms in total. The summed E-state index contributed by atoms with van der Waals surface area (Å²) in [5, 5.41) is 7.02. The fraction of sp³-hybridized carbons (Fsp3) is 0.0455. The second-order valence-corrected chi connectivity index (χ2v) is 6.36. The van der Waals surface area contributed by atoms with E-state index in [9.17, 15) is 9.59 Å². The van der Waals surface area contributed by atoms with Gasteiger partial charge in [-0.1, -0.05) is 35.9 Å². The highest BCUT2D eigenvalue weighted by Gasteiger charge is 2.15. The minimum atomic E-state index is -0.454. The molecule has 3 aromatic carbocycles. The Balaban J connectivity index is 1.70. The monoisotopic (exact) mass is 407 g/mol. The van der Waals surface area contributed by atoms with Crippen LogP contribution in [-0.2, 0) is 0 Å². The van der Waals surface area contributed by atoms with Gasteiger partial charge in [-0.3, -0.25) is 9.59 Å². The summed E-state index contributed by atoms with van der Waals surface area (Å²) in [7, 11) is 1.59. The van der Waals surface area contributed by atoms with Crippen molar-refractivity contribution in [3.05, 3.63) is 94.5 Å². The van der Waals surface area contributed by atoms with Gasteiger partial charge in [0.25, 0.3) is 11.8 Å². The molecule has 2 amide bonds. The molecule has 0 aromatic heterocycles. The average molecular weight is 408 g/mol. The highest BCUT2D eigenvalue weighted by Crippen LogP contribution is 2.20. The fourth-order valence-electron chi connectivity index (χ4n) is 2.54. The van der Waals surface area contributed by atoms with E-state index in [4.69, 9.17) is 16.3 Å². The maximum Gasteiger partial charge on any atom is 0.273 e. The molecule has 0 aliphatic carbocycles. The standard InChI is InChI=1S/C22H18ClN3O3/c1-29-16-12-10-15(11-13-16)14-24-26-22(28)18-7-3-5-9-20(18)25-21(27)17-6-2-4-8-19(17)23/h2-14H,1H3,(H,25,27)(H,26,28). The number of para-hydroxylation sites is 1. The van der Waals surface area contributed by atoms with Crippen LogP contribution in [0.3, 0.4) is 0 Å². The van der Waals surface area contributed by atoms with E-state index in [2.05, 4.69) is 15.8 Å². The Hall–Kier alpha value is -3.64. The Bertz CT molecular complexity index is 1050. The zero-order valence-electron chi connectivity index (χ0n) is 15.6. The topological polar surface area (TPSA) is 79.8 Å². The summed E-state index contributed by atoms with van der Waals surface area (Å²) in [6.45, 7) is 0. The van der Waals surface area contributed by atoms with Crippen LogP contribution in [0.1, 0.15) is 26.3 Å². The molecule has 0 bridgehead atoms. The van der Waals surface area contributed by atoms with E-state index in [1.54, 1.807) is 67.8 Å². The third-order valence-electron chi connectivity index (χ3n) is 4.03. The summed E-state index contributed by atoms with van der Waals surface area (Å²) in [5.74, 6) is -0.128. The molecule has 0 atom stereocenters. The average Bonchev–Trinajstić information content (AvgIpc) is 2.74. The van der Waals surface area contributed by atoms with Gasteiger partial charge in [0.15, 0.2) is 0 Å². The second kappa shape index (κ2) is 9.52. The van der Waals surface area contributed by atoms with Gasteiger partial charge in [-0.2, -0.15) is 5.10 Å². The van der Waals surface area contributed by atoms with E-state index >= 15 is 0 Å². The van der Waals surface area contributed by atoms with Gasteiger partial charge >= 0.3 is 0 Å². The number of methoxy groups -OCH3 is 1. The first-order valence-corrected chi connectivity index (χ1v) is 9.08. The number of amides is 2. The van der Waals surface area contributed by atoms with Gasteiger partial charge in [-0.25, -0.2) is 5.43 Å². The first kappa shape index (κ1) is 20.1. The highest BCUT2D eigenvalue weighted by molar-refractivity contribution is 6.34. The van der Waals surface area contributed by atoms with Gasteiger partial charge in [-0.15, -0.1) is 0 Å². The van der Waals surface area contributed by atoms with Gasteiger partial charge in [0.1, 0.15) is 5.75 Å². The molecular formula is C22H18ClN3O3. The van der Waals surface area contributed by atoms with Gasteiger partial charge in [0.2, 0.25) is 0 Å². The molecule has 0 aliphatic rings. The van der Waals surface area contributed by atoms with Crippen LogP contribution in [0.4, 0.5) is 5.69 Å². The lowest BCUT2D eigenvalue weighted by atomic mass is 10.1. The van der Waals surface area contributed by atoms with Crippen molar-refractivity contribution in [3.8, 4) is 5.75 Å². The smallest absolute Gasteiger partial charge is 0.273 e. The molecule has 0 radical (unpaired) electrons. The van der Waals surface area contributed by atoms with Crippen molar-refractivity contribution in [1.29, 1.82) is 0 Å². The van der Waals surface area contributed by atoms with E-state index in [1.807, 2.05) is 12.1 Å². The molecule has 3 rings (SSSR count). The van der Waals surface area contributed by atoms with Crippen molar-refractivity contribution < 1.29 is 14.3 Å². The largest absolute Gasteiger partial charge is 0.497 e. The number of benzene rings is 3. The highest BCUT2D eigenvalue weighted by atomic mass is 35.5. The molecule has 0 unspecified atom stereocenters. The van der Waals surface area contributed by atoms with Crippen molar-refractivity contribution in [2.75, 3.05) is 12.4 Å². The Morgan fingerprint density at radius 2 is 1.55 bits per heavy atom. The Morgan fingerprint density at radius 1 is 0.897 bits per heavy atom. The van der Waals surface area contributed by atoms with Crippen LogP contribution >= 0.6 is 11.6 Å². The molecule has 2 N–H and O–H groups in total. The normalized spacial score (nSPS) is 10.6. The number of nitrogens with zero attached hydrogens (tertiary/aromatic N) is 1. The number of hydrazone groups is 1. The number of carbonyl (C=O) groups excluding carboxylic acids is 2. The third kappa shape index (κ3) is 5.21. The van der Waals surface area contributed by atoms with Crippen molar-refractivity contribution in [2.24, 2.45) is 5.10 Å². The quantitative estimate of drug-likeness (QED) is 0.470. The Labute approximate surface area is 173 Å². The van der Waals surface area contributed by atoms with E-state index < -0.39 is 11.8 Å². The predicted molar refractivity (Wildman–Crippen MR) is 114 cm³/mol. The molecule has 146 valence electrons. The first-order valence-electron chi connectivity index (χ1n) is 8.71. The molecule has 0 fully saturated rings. The molecule has 3 aromatic rings. The van der Waals surface area contributed by atoms with E-state index in [0.717, 1.165) is 11.3 Å². The number of anilines is 1. The SMILES string of the molecule is COc1ccc(C=NNC(=O)c2ccccc2NC(=O)c2ccccc2Cl)cc1. The minimum absolute atomic E-state index is 0.278. The number of hydrogen-bond acceptors (Lipinski definition) is 4. The number of hydrogen-bond donors (Lipinski definition) is 2. The molecule has 0 heterocycles. The van der Waals surface area contributed by atoms with Crippen molar-refractivity contribution in [3.63, 3.8) is 0 Å². The van der Waals surface area contributed by atoms with E-state index in [0.29, 0.717) is 16.3 Å². The minimum Gasteiger partial charge on any atom is -0.497 e. The van der Waals surface area contributed by atoms with Crippen molar-refractivity contribution in [1.82, 2.24) is 5.43 Å². The summed E-state index contributed by atoms with van der Waals surface area (Å²) >= 11 is 6.07. The van der Waals surface area contributed by atoms with Gasteiger partial charge in [0, 0.05) is 0 Å². The van der Waals surface area contributed by atoms with Crippen LogP contribution in [0.5, 0.6) is 5.75 Å². The maximum atomic E-state index is 12.5.